The lowest BCUT2D eigenvalue weighted by atomic mass is 9.87. The highest BCUT2D eigenvalue weighted by Crippen LogP contribution is 2.29. The van der Waals surface area contributed by atoms with E-state index < -0.39 is 0 Å². The van der Waals surface area contributed by atoms with E-state index >= 15 is 0 Å². The number of nitrogens with one attached hydrogen (secondary N) is 1. The average molecular weight is 344 g/mol. The minimum Gasteiger partial charge on any atom is -0.487 e. The van der Waals surface area contributed by atoms with Gasteiger partial charge in [-0.2, -0.15) is 0 Å². The lowest BCUT2D eigenvalue weighted by Gasteiger charge is -2.26. The minimum atomic E-state index is 0.443. The van der Waals surface area contributed by atoms with E-state index in [-0.39, 0.29) is 0 Å². The van der Waals surface area contributed by atoms with Crippen molar-refractivity contribution >= 4 is 0 Å². The van der Waals surface area contributed by atoms with Gasteiger partial charge >= 0.3 is 0 Å². The molecule has 1 aliphatic rings. The molecule has 26 heavy (non-hydrogen) atoms. The van der Waals surface area contributed by atoms with Crippen LogP contribution >= 0.6 is 0 Å². The van der Waals surface area contributed by atoms with Crippen LogP contribution in [0.3, 0.4) is 0 Å². The maximum Gasteiger partial charge on any atom is 0.130 e. The number of fused-ring (bicyclic) bond motifs is 1. The Hall–Kier alpha value is -2.65. The molecule has 0 aliphatic heterocycles. The molecule has 132 valence electrons. The molecule has 0 saturated carbocycles. The number of hydrogen-bond acceptors (Lipinski definition) is 3. The number of rotatable bonds is 6. The Balaban J connectivity index is 1.37. The number of aromatic nitrogens is 1. The summed E-state index contributed by atoms with van der Waals surface area (Å²) in [5.41, 5.74) is 5.13. The van der Waals surface area contributed by atoms with Gasteiger partial charge in [0.15, 0.2) is 0 Å². The van der Waals surface area contributed by atoms with Crippen LogP contribution in [-0.4, -0.2) is 4.98 Å². The predicted octanol–water partition coefficient (Wildman–Crippen LogP) is 4.83. The summed E-state index contributed by atoms with van der Waals surface area (Å²) in [5.74, 6) is 0.888. The molecule has 1 aliphatic carbocycles. The fourth-order valence-electron chi connectivity index (χ4n) is 3.59. The number of pyridine rings is 1. The highest BCUT2D eigenvalue weighted by molar-refractivity contribution is 5.33. The standard InChI is InChI=1S/C23H24N2O/c1-2-12-22-19(8-1)9-6-13-23(22)25-16-18-7-5-11-21(15-18)26-17-20-10-3-4-14-24-20/h1-5,7-8,10-12,14-15,23,25H,6,9,13,16-17H2/t23-/m0/s1. The molecule has 0 amide bonds. The van der Waals surface area contributed by atoms with Crippen molar-refractivity contribution in [1.82, 2.24) is 10.3 Å². The zero-order chi connectivity index (χ0) is 17.6. The quantitative estimate of drug-likeness (QED) is 0.695. The van der Waals surface area contributed by atoms with Crippen LogP contribution < -0.4 is 10.1 Å². The Kier molecular flexibility index (Phi) is 5.27. The van der Waals surface area contributed by atoms with Crippen LogP contribution in [0.15, 0.2) is 72.9 Å². The first kappa shape index (κ1) is 16.8. The van der Waals surface area contributed by atoms with E-state index in [1.807, 2.05) is 24.3 Å². The maximum atomic E-state index is 5.89. The topological polar surface area (TPSA) is 34.1 Å². The fourth-order valence-corrected chi connectivity index (χ4v) is 3.59. The molecule has 4 rings (SSSR count). The molecule has 0 unspecified atom stereocenters. The monoisotopic (exact) mass is 344 g/mol. The van der Waals surface area contributed by atoms with Crippen molar-refractivity contribution in [2.24, 2.45) is 0 Å². The minimum absolute atomic E-state index is 0.443. The third-order valence-electron chi connectivity index (χ3n) is 4.93. The van der Waals surface area contributed by atoms with E-state index in [2.05, 4.69) is 52.8 Å². The third kappa shape index (κ3) is 4.12. The van der Waals surface area contributed by atoms with E-state index in [1.54, 1.807) is 6.20 Å². The molecular weight excluding hydrogens is 320 g/mol. The van der Waals surface area contributed by atoms with E-state index in [4.69, 9.17) is 4.74 Å². The molecule has 3 heteroatoms. The molecule has 0 bridgehead atoms. The first-order valence-corrected chi connectivity index (χ1v) is 9.31. The Morgan fingerprint density at radius 2 is 1.92 bits per heavy atom. The molecule has 0 fully saturated rings. The summed E-state index contributed by atoms with van der Waals surface area (Å²) in [7, 11) is 0. The molecule has 0 spiro atoms. The van der Waals surface area contributed by atoms with Crippen molar-refractivity contribution in [2.75, 3.05) is 0 Å². The van der Waals surface area contributed by atoms with E-state index in [0.29, 0.717) is 12.6 Å². The van der Waals surface area contributed by atoms with Gasteiger partial charge in [-0.05, 0) is 60.2 Å². The molecule has 0 saturated heterocycles. The molecule has 1 N–H and O–H groups in total. The lowest BCUT2D eigenvalue weighted by molar-refractivity contribution is 0.301. The largest absolute Gasteiger partial charge is 0.487 e. The first-order valence-electron chi connectivity index (χ1n) is 9.31. The van der Waals surface area contributed by atoms with Crippen LogP contribution in [0.2, 0.25) is 0 Å². The van der Waals surface area contributed by atoms with Gasteiger partial charge in [0.05, 0.1) is 5.69 Å². The number of nitrogens with zero attached hydrogens (tertiary/aromatic N) is 1. The van der Waals surface area contributed by atoms with E-state index in [1.165, 1.54) is 36.0 Å². The van der Waals surface area contributed by atoms with E-state index in [0.717, 1.165) is 18.0 Å². The van der Waals surface area contributed by atoms with Gasteiger partial charge in [0.1, 0.15) is 12.4 Å². The lowest BCUT2D eigenvalue weighted by Crippen LogP contribution is -2.24. The van der Waals surface area contributed by atoms with Gasteiger partial charge in [0, 0.05) is 18.8 Å². The molecule has 0 radical (unpaired) electrons. The van der Waals surface area contributed by atoms with Crippen LogP contribution in [0.1, 0.15) is 41.3 Å². The summed E-state index contributed by atoms with van der Waals surface area (Å²) < 4.78 is 5.89. The van der Waals surface area contributed by atoms with Gasteiger partial charge in [-0.3, -0.25) is 4.98 Å². The summed E-state index contributed by atoms with van der Waals surface area (Å²) in [6, 6.07) is 23.4. The normalized spacial score (nSPS) is 16.1. The summed E-state index contributed by atoms with van der Waals surface area (Å²) in [6.45, 7) is 1.34. The summed E-state index contributed by atoms with van der Waals surface area (Å²) in [5, 5.41) is 3.73. The van der Waals surface area contributed by atoms with Crippen molar-refractivity contribution in [1.29, 1.82) is 0 Å². The van der Waals surface area contributed by atoms with Crippen molar-refractivity contribution in [3.8, 4) is 5.75 Å². The third-order valence-corrected chi connectivity index (χ3v) is 4.93. The Morgan fingerprint density at radius 3 is 2.85 bits per heavy atom. The van der Waals surface area contributed by atoms with Crippen LogP contribution in [0.4, 0.5) is 0 Å². The van der Waals surface area contributed by atoms with Crippen molar-refractivity contribution < 1.29 is 4.74 Å². The molecular formula is C23H24N2O. The van der Waals surface area contributed by atoms with Crippen molar-refractivity contribution in [3.63, 3.8) is 0 Å². The highest BCUT2D eigenvalue weighted by Gasteiger charge is 2.18. The molecule has 1 heterocycles. The van der Waals surface area contributed by atoms with Crippen LogP contribution in [0.5, 0.6) is 5.75 Å². The van der Waals surface area contributed by atoms with Crippen molar-refractivity contribution in [2.45, 2.75) is 38.5 Å². The Bertz CT molecular complexity index is 848. The highest BCUT2D eigenvalue weighted by atomic mass is 16.5. The number of benzene rings is 2. The second kappa shape index (κ2) is 8.15. The van der Waals surface area contributed by atoms with E-state index in [9.17, 15) is 0 Å². The van der Waals surface area contributed by atoms with Gasteiger partial charge in [0.2, 0.25) is 0 Å². The summed E-state index contributed by atoms with van der Waals surface area (Å²) >= 11 is 0. The van der Waals surface area contributed by atoms with Gasteiger partial charge in [-0.15, -0.1) is 0 Å². The SMILES string of the molecule is c1ccc(COc2cccc(CN[C@H]3CCCc4ccccc43)c2)nc1. The van der Waals surface area contributed by atoms with Crippen LogP contribution in [0, 0.1) is 0 Å². The van der Waals surface area contributed by atoms with Crippen molar-refractivity contribution in [3.05, 3.63) is 95.3 Å². The van der Waals surface area contributed by atoms with Gasteiger partial charge in [-0.1, -0.05) is 42.5 Å². The second-order valence-electron chi connectivity index (χ2n) is 6.78. The number of aryl methyl sites for hydroxylation is 1. The maximum absolute atomic E-state index is 5.89. The van der Waals surface area contributed by atoms with Crippen LogP contribution in [0.25, 0.3) is 0 Å². The van der Waals surface area contributed by atoms with Gasteiger partial charge in [-0.25, -0.2) is 0 Å². The second-order valence-corrected chi connectivity index (χ2v) is 6.78. The molecule has 3 nitrogen and oxygen atoms in total. The number of ether oxygens (including phenoxy) is 1. The Morgan fingerprint density at radius 1 is 1.00 bits per heavy atom. The number of hydrogen-bond donors (Lipinski definition) is 1. The average Bonchev–Trinajstić information content (AvgIpc) is 2.72. The van der Waals surface area contributed by atoms with Crippen LogP contribution in [-0.2, 0) is 19.6 Å². The van der Waals surface area contributed by atoms with Gasteiger partial charge < -0.3 is 10.1 Å². The zero-order valence-corrected chi connectivity index (χ0v) is 14.9. The molecule has 2 aromatic carbocycles. The first-order chi connectivity index (χ1) is 12.9. The summed E-state index contributed by atoms with van der Waals surface area (Å²) in [4.78, 5) is 4.30. The predicted molar refractivity (Wildman–Crippen MR) is 104 cm³/mol. The van der Waals surface area contributed by atoms with Gasteiger partial charge in [0.25, 0.3) is 0 Å². The fraction of sp³-hybridized carbons (Fsp3) is 0.261. The zero-order valence-electron chi connectivity index (χ0n) is 14.9. The smallest absolute Gasteiger partial charge is 0.130 e. The molecule has 1 atom stereocenters. The Labute approximate surface area is 155 Å². The molecule has 3 aromatic rings. The summed E-state index contributed by atoms with van der Waals surface area (Å²) in [6.07, 6.45) is 5.45. The molecule has 1 aromatic heterocycles.